The third-order valence-corrected chi connectivity index (χ3v) is 3.23. The summed E-state index contributed by atoms with van der Waals surface area (Å²) in [4.78, 5) is 10.8. The van der Waals surface area contributed by atoms with E-state index in [2.05, 4.69) is 20.9 Å². The molecule has 1 aliphatic carbocycles. The Morgan fingerprint density at radius 2 is 2.06 bits per heavy atom. The van der Waals surface area contributed by atoms with Crippen molar-refractivity contribution in [3.05, 3.63) is 48.4 Å². The maximum Gasteiger partial charge on any atom is 0.147 e. The van der Waals surface area contributed by atoms with E-state index in [0.717, 1.165) is 23.6 Å². The van der Waals surface area contributed by atoms with Gasteiger partial charge in [-0.25, -0.2) is 4.98 Å². The van der Waals surface area contributed by atoms with Crippen molar-refractivity contribution in [1.82, 2.24) is 9.97 Å². The van der Waals surface area contributed by atoms with Crippen molar-refractivity contribution in [2.75, 3.05) is 10.6 Å². The Labute approximate surface area is 106 Å². The van der Waals surface area contributed by atoms with Crippen molar-refractivity contribution in [2.24, 2.45) is 0 Å². The van der Waals surface area contributed by atoms with Crippen LogP contribution in [0.25, 0.3) is 0 Å². The van der Waals surface area contributed by atoms with Crippen LogP contribution in [-0.2, 0) is 6.54 Å². The summed E-state index contributed by atoms with van der Waals surface area (Å²) in [5, 5.41) is 0. The summed E-state index contributed by atoms with van der Waals surface area (Å²) in [6.45, 7) is 0.802. The number of hydrogen-bond acceptors (Lipinski definition) is 4. The summed E-state index contributed by atoms with van der Waals surface area (Å²) in [6.07, 6.45) is 7.70. The highest BCUT2D eigenvalue weighted by molar-refractivity contribution is 5.50. The Hall–Kier alpha value is -2.10. The Morgan fingerprint density at radius 3 is 2.72 bits per heavy atom. The molecule has 2 aromatic rings. The zero-order valence-electron chi connectivity index (χ0n) is 10.2. The zero-order valence-corrected chi connectivity index (χ0v) is 10.2. The van der Waals surface area contributed by atoms with E-state index in [0.29, 0.717) is 6.04 Å². The van der Waals surface area contributed by atoms with Crippen molar-refractivity contribution in [3.8, 4) is 0 Å². The number of aromatic nitrogens is 2. The fraction of sp³-hybridized carbons (Fsp3) is 0.286. The van der Waals surface area contributed by atoms with Crippen LogP contribution in [0, 0.1) is 0 Å². The Kier molecular flexibility index (Phi) is 2.84. The molecule has 0 spiro atoms. The number of nitrogen functional groups attached to an aromatic ring is 1. The summed E-state index contributed by atoms with van der Waals surface area (Å²) in [5.74, 6) is 0.934. The molecule has 0 aliphatic heterocycles. The van der Waals surface area contributed by atoms with Crippen LogP contribution >= 0.6 is 0 Å². The van der Waals surface area contributed by atoms with Crippen LogP contribution in [0.15, 0.2) is 42.9 Å². The standard InChI is InChI=1S/C14H16N4/c15-13-4-2-1-3-11(13)10-18(12-5-6-12)14-9-16-7-8-17-14/h1-4,7-9,12H,5-6,10,15H2. The maximum absolute atomic E-state index is 6.00. The average Bonchev–Trinajstić information content (AvgIpc) is 3.23. The first-order valence-electron chi connectivity index (χ1n) is 6.20. The molecule has 0 saturated heterocycles. The van der Waals surface area contributed by atoms with E-state index in [1.165, 1.54) is 12.8 Å². The van der Waals surface area contributed by atoms with E-state index in [-0.39, 0.29) is 0 Å². The molecule has 0 bridgehead atoms. The lowest BCUT2D eigenvalue weighted by atomic mass is 10.1. The fourth-order valence-corrected chi connectivity index (χ4v) is 2.08. The molecule has 1 heterocycles. The van der Waals surface area contributed by atoms with Crippen LogP contribution in [0.2, 0.25) is 0 Å². The molecule has 4 nitrogen and oxygen atoms in total. The number of benzene rings is 1. The van der Waals surface area contributed by atoms with Gasteiger partial charge in [0, 0.05) is 30.7 Å². The number of para-hydroxylation sites is 1. The molecule has 1 aromatic carbocycles. The molecule has 4 heteroatoms. The number of nitrogens with two attached hydrogens (primary N) is 1. The third-order valence-electron chi connectivity index (χ3n) is 3.23. The summed E-state index contributed by atoms with van der Waals surface area (Å²) < 4.78 is 0. The Morgan fingerprint density at radius 1 is 1.22 bits per heavy atom. The van der Waals surface area contributed by atoms with Gasteiger partial charge in [-0.15, -0.1) is 0 Å². The molecule has 1 fully saturated rings. The predicted molar refractivity (Wildman–Crippen MR) is 72.1 cm³/mol. The molecule has 0 unspecified atom stereocenters. The van der Waals surface area contributed by atoms with Gasteiger partial charge in [-0.2, -0.15) is 0 Å². The first-order chi connectivity index (χ1) is 8.84. The zero-order chi connectivity index (χ0) is 12.4. The van der Waals surface area contributed by atoms with Crippen molar-refractivity contribution < 1.29 is 0 Å². The molecule has 1 aliphatic rings. The van der Waals surface area contributed by atoms with Crippen molar-refractivity contribution in [3.63, 3.8) is 0 Å². The molecule has 1 aromatic heterocycles. The van der Waals surface area contributed by atoms with Gasteiger partial charge in [0.05, 0.1) is 6.20 Å². The van der Waals surface area contributed by atoms with Crippen LogP contribution in [0.1, 0.15) is 18.4 Å². The van der Waals surface area contributed by atoms with Gasteiger partial charge in [-0.05, 0) is 24.5 Å². The topological polar surface area (TPSA) is 55.0 Å². The van der Waals surface area contributed by atoms with Gasteiger partial charge in [0.2, 0.25) is 0 Å². The van der Waals surface area contributed by atoms with E-state index in [1.807, 2.05) is 24.4 Å². The lowest BCUT2D eigenvalue weighted by molar-refractivity contribution is 0.775. The molecule has 1 saturated carbocycles. The van der Waals surface area contributed by atoms with Crippen molar-refractivity contribution >= 4 is 11.5 Å². The van der Waals surface area contributed by atoms with Crippen LogP contribution in [-0.4, -0.2) is 16.0 Å². The fourth-order valence-electron chi connectivity index (χ4n) is 2.08. The summed E-state index contributed by atoms with van der Waals surface area (Å²) in [6, 6.07) is 8.58. The lowest BCUT2D eigenvalue weighted by Crippen LogP contribution is -2.26. The molecule has 0 atom stereocenters. The predicted octanol–water partition coefficient (Wildman–Crippen LogP) is 2.23. The van der Waals surface area contributed by atoms with Crippen LogP contribution in [0.3, 0.4) is 0 Å². The van der Waals surface area contributed by atoms with Gasteiger partial charge in [0.1, 0.15) is 5.82 Å². The Bertz CT molecular complexity index is 522. The van der Waals surface area contributed by atoms with Crippen molar-refractivity contribution in [2.45, 2.75) is 25.4 Å². The van der Waals surface area contributed by atoms with E-state index in [1.54, 1.807) is 12.4 Å². The quantitative estimate of drug-likeness (QED) is 0.833. The molecule has 92 valence electrons. The monoisotopic (exact) mass is 240 g/mol. The van der Waals surface area contributed by atoms with Gasteiger partial charge in [0.25, 0.3) is 0 Å². The molecule has 2 N–H and O–H groups in total. The second-order valence-electron chi connectivity index (χ2n) is 4.62. The third kappa shape index (κ3) is 2.27. The largest absolute Gasteiger partial charge is 0.398 e. The van der Waals surface area contributed by atoms with Crippen LogP contribution in [0.4, 0.5) is 11.5 Å². The molecular weight excluding hydrogens is 224 g/mol. The molecular formula is C14H16N4. The van der Waals surface area contributed by atoms with E-state index < -0.39 is 0 Å². The average molecular weight is 240 g/mol. The van der Waals surface area contributed by atoms with Crippen LogP contribution in [0.5, 0.6) is 0 Å². The highest BCUT2D eigenvalue weighted by Crippen LogP contribution is 2.32. The minimum atomic E-state index is 0.585. The summed E-state index contributed by atoms with van der Waals surface area (Å²) in [5.41, 5.74) is 7.99. The highest BCUT2D eigenvalue weighted by Gasteiger charge is 2.30. The maximum atomic E-state index is 6.00. The normalized spacial score (nSPS) is 14.4. The van der Waals surface area contributed by atoms with E-state index in [4.69, 9.17) is 5.73 Å². The van der Waals surface area contributed by atoms with Gasteiger partial charge in [-0.1, -0.05) is 18.2 Å². The van der Waals surface area contributed by atoms with Crippen molar-refractivity contribution in [1.29, 1.82) is 0 Å². The number of nitrogens with zero attached hydrogens (tertiary/aromatic N) is 3. The summed E-state index contributed by atoms with van der Waals surface area (Å²) >= 11 is 0. The van der Waals surface area contributed by atoms with Gasteiger partial charge in [-0.3, -0.25) is 4.98 Å². The SMILES string of the molecule is Nc1ccccc1CN(c1cnccn1)C1CC1. The number of rotatable bonds is 4. The minimum absolute atomic E-state index is 0.585. The molecule has 0 amide bonds. The first-order valence-corrected chi connectivity index (χ1v) is 6.20. The second kappa shape index (κ2) is 4.64. The van der Waals surface area contributed by atoms with E-state index >= 15 is 0 Å². The second-order valence-corrected chi connectivity index (χ2v) is 4.62. The first kappa shape index (κ1) is 11.0. The minimum Gasteiger partial charge on any atom is -0.398 e. The molecule has 3 rings (SSSR count). The van der Waals surface area contributed by atoms with Gasteiger partial charge in [0.15, 0.2) is 0 Å². The molecule has 0 radical (unpaired) electrons. The number of hydrogen-bond donors (Lipinski definition) is 1. The smallest absolute Gasteiger partial charge is 0.147 e. The summed E-state index contributed by atoms with van der Waals surface area (Å²) in [7, 11) is 0. The molecule has 18 heavy (non-hydrogen) atoms. The number of anilines is 2. The Balaban J connectivity index is 1.86. The van der Waals surface area contributed by atoms with Gasteiger partial charge >= 0.3 is 0 Å². The van der Waals surface area contributed by atoms with Gasteiger partial charge < -0.3 is 10.6 Å². The lowest BCUT2D eigenvalue weighted by Gasteiger charge is -2.23. The highest BCUT2D eigenvalue weighted by atomic mass is 15.2. The van der Waals surface area contributed by atoms with Crippen LogP contribution < -0.4 is 10.6 Å². The van der Waals surface area contributed by atoms with E-state index in [9.17, 15) is 0 Å².